The van der Waals surface area contributed by atoms with Gasteiger partial charge in [0.2, 0.25) is 5.91 Å². The summed E-state index contributed by atoms with van der Waals surface area (Å²) in [5.74, 6) is -0.598. The third kappa shape index (κ3) is 4.89. The molecule has 0 atom stereocenters. The van der Waals surface area contributed by atoms with E-state index in [0.29, 0.717) is 38.4 Å². The van der Waals surface area contributed by atoms with E-state index >= 15 is 0 Å². The SMILES string of the molecule is CCC(=O)NCCc1csc(C2CCN(C(=O)c3c(F)cccc3Cl)CC2)n1. The van der Waals surface area contributed by atoms with Crippen molar-refractivity contribution in [2.45, 2.75) is 38.5 Å². The zero-order valence-electron chi connectivity index (χ0n) is 15.7. The highest BCUT2D eigenvalue weighted by molar-refractivity contribution is 7.09. The lowest BCUT2D eigenvalue weighted by Gasteiger charge is -2.31. The van der Waals surface area contributed by atoms with Gasteiger partial charge in [0.15, 0.2) is 0 Å². The fourth-order valence-electron chi connectivity index (χ4n) is 3.27. The van der Waals surface area contributed by atoms with Crippen LogP contribution in [-0.2, 0) is 11.2 Å². The quantitative estimate of drug-likeness (QED) is 0.763. The second kappa shape index (κ2) is 9.47. The van der Waals surface area contributed by atoms with Crippen molar-refractivity contribution in [2.24, 2.45) is 0 Å². The zero-order chi connectivity index (χ0) is 20.1. The number of carbonyl (C=O) groups excluding carboxylic acids is 2. The largest absolute Gasteiger partial charge is 0.356 e. The van der Waals surface area contributed by atoms with Gasteiger partial charge in [0.25, 0.3) is 5.91 Å². The number of piperidine rings is 1. The van der Waals surface area contributed by atoms with E-state index in [4.69, 9.17) is 16.6 Å². The summed E-state index contributed by atoms with van der Waals surface area (Å²) in [6.45, 7) is 3.52. The molecule has 1 aliphatic rings. The number of aromatic nitrogens is 1. The molecule has 5 nitrogen and oxygen atoms in total. The van der Waals surface area contributed by atoms with Crippen molar-refractivity contribution in [3.63, 3.8) is 0 Å². The van der Waals surface area contributed by atoms with Gasteiger partial charge in [-0.3, -0.25) is 9.59 Å². The number of likely N-dealkylation sites (tertiary alicyclic amines) is 1. The van der Waals surface area contributed by atoms with Crippen molar-refractivity contribution in [3.8, 4) is 0 Å². The Hall–Kier alpha value is -1.99. The van der Waals surface area contributed by atoms with E-state index < -0.39 is 5.82 Å². The van der Waals surface area contributed by atoms with Crippen molar-refractivity contribution in [2.75, 3.05) is 19.6 Å². The predicted octanol–water partition coefficient (Wildman–Crippen LogP) is 4.02. The van der Waals surface area contributed by atoms with E-state index in [0.717, 1.165) is 23.5 Å². The first-order chi connectivity index (χ1) is 13.5. The molecule has 2 amide bonds. The molecule has 0 unspecified atom stereocenters. The highest BCUT2D eigenvalue weighted by Gasteiger charge is 2.28. The van der Waals surface area contributed by atoms with Crippen molar-refractivity contribution in [3.05, 3.63) is 50.7 Å². The lowest BCUT2D eigenvalue weighted by atomic mass is 9.97. The van der Waals surface area contributed by atoms with Crippen molar-refractivity contribution >= 4 is 34.8 Å². The molecule has 2 aromatic rings. The fraction of sp³-hybridized carbons (Fsp3) is 0.450. The molecule has 0 saturated carbocycles. The molecule has 1 aliphatic heterocycles. The minimum atomic E-state index is -0.584. The Labute approximate surface area is 172 Å². The summed E-state index contributed by atoms with van der Waals surface area (Å²) in [6, 6.07) is 4.28. The first-order valence-corrected chi connectivity index (χ1v) is 10.7. The van der Waals surface area contributed by atoms with Gasteiger partial charge in [-0.2, -0.15) is 0 Å². The first kappa shape index (κ1) is 20.7. The molecule has 0 spiro atoms. The number of hydrogen-bond acceptors (Lipinski definition) is 4. The van der Waals surface area contributed by atoms with E-state index in [-0.39, 0.29) is 22.4 Å². The highest BCUT2D eigenvalue weighted by atomic mass is 35.5. The molecule has 28 heavy (non-hydrogen) atoms. The minimum absolute atomic E-state index is 0.0439. The summed E-state index contributed by atoms with van der Waals surface area (Å²) in [7, 11) is 0. The molecule has 8 heteroatoms. The molecular formula is C20H23ClFN3O2S. The monoisotopic (exact) mass is 423 g/mol. The van der Waals surface area contributed by atoms with Crippen LogP contribution in [0.3, 0.4) is 0 Å². The molecule has 1 aromatic heterocycles. The summed E-state index contributed by atoms with van der Waals surface area (Å²) in [6.07, 6.45) is 2.78. The number of hydrogen-bond donors (Lipinski definition) is 1. The maximum absolute atomic E-state index is 14.0. The fourth-order valence-corrected chi connectivity index (χ4v) is 4.54. The normalized spacial score (nSPS) is 14.9. The van der Waals surface area contributed by atoms with Crippen LogP contribution in [0, 0.1) is 5.82 Å². The van der Waals surface area contributed by atoms with Crippen LogP contribution in [0.25, 0.3) is 0 Å². The summed E-state index contributed by atoms with van der Waals surface area (Å²) < 4.78 is 14.0. The number of carbonyl (C=O) groups is 2. The van der Waals surface area contributed by atoms with Crippen LogP contribution in [0.5, 0.6) is 0 Å². The van der Waals surface area contributed by atoms with Crippen LogP contribution in [-0.4, -0.2) is 41.3 Å². The predicted molar refractivity (Wildman–Crippen MR) is 108 cm³/mol. The standard InChI is InChI=1S/C20H23ClFN3O2S/c1-2-17(26)23-9-6-14-12-28-19(24-14)13-7-10-25(11-8-13)20(27)18-15(21)4-3-5-16(18)22/h3-5,12-13H,2,6-11H2,1H3,(H,23,26). The molecule has 0 bridgehead atoms. The summed E-state index contributed by atoms with van der Waals surface area (Å²) >= 11 is 7.64. The summed E-state index contributed by atoms with van der Waals surface area (Å²) in [5.41, 5.74) is 0.932. The molecule has 150 valence electrons. The van der Waals surface area contributed by atoms with Gasteiger partial charge in [0, 0.05) is 43.8 Å². The van der Waals surface area contributed by atoms with Crippen LogP contribution in [0.2, 0.25) is 5.02 Å². The maximum atomic E-state index is 14.0. The molecule has 1 saturated heterocycles. The Morgan fingerprint density at radius 3 is 2.79 bits per heavy atom. The van der Waals surface area contributed by atoms with E-state index in [1.165, 1.54) is 18.2 Å². The Bertz CT molecular complexity index is 829. The van der Waals surface area contributed by atoms with Gasteiger partial charge in [0.05, 0.1) is 21.3 Å². The highest BCUT2D eigenvalue weighted by Crippen LogP contribution is 2.31. The van der Waals surface area contributed by atoms with E-state index in [1.54, 1.807) is 16.2 Å². The van der Waals surface area contributed by atoms with Crippen LogP contribution in [0.4, 0.5) is 4.39 Å². The third-order valence-corrected chi connectivity index (χ3v) is 6.27. The van der Waals surface area contributed by atoms with E-state index in [1.807, 2.05) is 12.3 Å². The van der Waals surface area contributed by atoms with Gasteiger partial charge >= 0.3 is 0 Å². The van der Waals surface area contributed by atoms with Crippen LogP contribution < -0.4 is 5.32 Å². The Morgan fingerprint density at radius 1 is 1.36 bits per heavy atom. The smallest absolute Gasteiger partial charge is 0.258 e. The summed E-state index contributed by atoms with van der Waals surface area (Å²) in [4.78, 5) is 30.3. The number of halogens is 2. The van der Waals surface area contributed by atoms with Gasteiger partial charge in [0.1, 0.15) is 5.82 Å². The second-order valence-corrected chi connectivity index (χ2v) is 8.09. The Morgan fingerprint density at radius 2 is 2.11 bits per heavy atom. The number of benzene rings is 1. The van der Waals surface area contributed by atoms with E-state index in [2.05, 4.69) is 5.32 Å². The topological polar surface area (TPSA) is 62.3 Å². The van der Waals surface area contributed by atoms with Crippen molar-refractivity contribution in [1.29, 1.82) is 0 Å². The molecule has 3 rings (SSSR count). The molecule has 2 heterocycles. The van der Waals surface area contributed by atoms with Gasteiger partial charge in [-0.25, -0.2) is 9.37 Å². The van der Waals surface area contributed by atoms with Gasteiger partial charge < -0.3 is 10.2 Å². The number of amides is 2. The maximum Gasteiger partial charge on any atom is 0.258 e. The zero-order valence-corrected chi connectivity index (χ0v) is 17.3. The molecule has 0 aliphatic carbocycles. The van der Waals surface area contributed by atoms with Crippen molar-refractivity contribution < 1.29 is 14.0 Å². The first-order valence-electron chi connectivity index (χ1n) is 9.43. The summed E-state index contributed by atoms with van der Waals surface area (Å²) in [5, 5.41) is 6.09. The molecule has 1 aromatic carbocycles. The van der Waals surface area contributed by atoms with Gasteiger partial charge in [-0.05, 0) is 25.0 Å². The lowest BCUT2D eigenvalue weighted by Crippen LogP contribution is -2.38. The van der Waals surface area contributed by atoms with Crippen molar-refractivity contribution in [1.82, 2.24) is 15.2 Å². The molecule has 1 fully saturated rings. The number of nitrogens with one attached hydrogen (secondary N) is 1. The average Bonchev–Trinajstić information content (AvgIpc) is 3.16. The second-order valence-electron chi connectivity index (χ2n) is 6.79. The Balaban J connectivity index is 1.54. The number of rotatable bonds is 6. The van der Waals surface area contributed by atoms with Crippen LogP contribution >= 0.6 is 22.9 Å². The third-order valence-electron chi connectivity index (χ3n) is 4.90. The van der Waals surface area contributed by atoms with Gasteiger partial charge in [-0.1, -0.05) is 24.6 Å². The lowest BCUT2D eigenvalue weighted by molar-refractivity contribution is -0.120. The molecule has 0 radical (unpaired) electrons. The van der Waals surface area contributed by atoms with Crippen LogP contribution in [0.1, 0.15) is 53.2 Å². The van der Waals surface area contributed by atoms with E-state index in [9.17, 15) is 14.0 Å². The Kier molecular flexibility index (Phi) is 7.02. The average molecular weight is 424 g/mol. The van der Waals surface area contributed by atoms with Gasteiger partial charge in [-0.15, -0.1) is 11.3 Å². The number of thiazole rings is 1. The number of nitrogens with zero attached hydrogens (tertiary/aromatic N) is 2. The molecular weight excluding hydrogens is 401 g/mol. The molecule has 1 N–H and O–H groups in total. The van der Waals surface area contributed by atoms with Crippen LogP contribution in [0.15, 0.2) is 23.6 Å². The minimum Gasteiger partial charge on any atom is -0.356 e.